The third-order valence-electron chi connectivity index (χ3n) is 4.77. The molecule has 6 heteroatoms. The molecule has 1 fully saturated rings. The predicted molar refractivity (Wildman–Crippen MR) is 100 cm³/mol. The van der Waals surface area contributed by atoms with Crippen molar-refractivity contribution < 1.29 is 4.79 Å². The Balaban J connectivity index is 1.54. The third kappa shape index (κ3) is 4.22. The van der Waals surface area contributed by atoms with Gasteiger partial charge >= 0.3 is 0 Å². The quantitative estimate of drug-likeness (QED) is 0.771. The minimum Gasteiger partial charge on any atom is -0.343 e. The number of halogens is 1. The smallest absolute Gasteiger partial charge is 0.222 e. The van der Waals surface area contributed by atoms with Gasteiger partial charge in [-0.1, -0.05) is 11.6 Å². The first-order valence-electron chi connectivity index (χ1n) is 8.86. The van der Waals surface area contributed by atoms with Gasteiger partial charge in [-0.15, -0.1) is 0 Å². The number of hydrogen-bond donors (Lipinski definition) is 1. The Morgan fingerprint density at radius 1 is 1.24 bits per heavy atom. The number of carbonyl (C=O) groups is 1. The summed E-state index contributed by atoms with van der Waals surface area (Å²) >= 11 is 5.97. The largest absolute Gasteiger partial charge is 0.343 e. The minimum atomic E-state index is 0.302. The summed E-state index contributed by atoms with van der Waals surface area (Å²) in [6, 6.07) is 7.72. The molecule has 2 heterocycles. The normalized spacial score (nSPS) is 14.5. The molecule has 0 saturated carbocycles. The number of aromatic nitrogens is 2. The molecule has 2 aromatic rings. The fraction of sp³-hybridized carbons (Fsp3) is 0.474. The van der Waals surface area contributed by atoms with Crippen LogP contribution in [0.5, 0.6) is 0 Å². The first-order chi connectivity index (χ1) is 12.1. The van der Waals surface area contributed by atoms with Crippen molar-refractivity contribution in [2.45, 2.75) is 39.7 Å². The van der Waals surface area contributed by atoms with Crippen LogP contribution in [0.3, 0.4) is 0 Å². The van der Waals surface area contributed by atoms with Crippen molar-refractivity contribution >= 4 is 17.5 Å². The highest BCUT2D eigenvalue weighted by Gasteiger charge is 2.19. The van der Waals surface area contributed by atoms with Gasteiger partial charge in [-0.05, 0) is 57.5 Å². The molecule has 5 nitrogen and oxygen atoms in total. The molecule has 25 heavy (non-hydrogen) atoms. The molecule has 1 N–H and O–H groups in total. The number of carbonyl (C=O) groups excluding carboxylic acids is 1. The van der Waals surface area contributed by atoms with E-state index in [4.69, 9.17) is 11.6 Å². The average molecular weight is 361 g/mol. The second kappa shape index (κ2) is 8.02. The number of amides is 1. The maximum Gasteiger partial charge on any atom is 0.222 e. The first-order valence-corrected chi connectivity index (χ1v) is 9.23. The SMILES string of the molecule is Cc1nn(-c2ccc(Cl)cc2)c(C)c1CNCCCN1CCCC1=O. The van der Waals surface area contributed by atoms with Crippen molar-refractivity contribution in [2.75, 3.05) is 19.6 Å². The standard InChI is InChI=1S/C19H25ClN4O/c1-14-18(13-21-10-4-12-23-11-3-5-19(23)25)15(2)24(22-14)17-8-6-16(20)7-9-17/h6-9,21H,3-5,10-13H2,1-2H3. The van der Waals surface area contributed by atoms with E-state index in [1.807, 2.05) is 40.8 Å². The van der Waals surface area contributed by atoms with Crippen LogP contribution in [-0.2, 0) is 11.3 Å². The maximum atomic E-state index is 11.6. The molecule has 1 aromatic heterocycles. The Bertz CT molecular complexity index is 739. The van der Waals surface area contributed by atoms with Gasteiger partial charge < -0.3 is 10.2 Å². The zero-order valence-electron chi connectivity index (χ0n) is 14.9. The van der Waals surface area contributed by atoms with Gasteiger partial charge in [0.1, 0.15) is 0 Å². The number of rotatable bonds is 7. The van der Waals surface area contributed by atoms with Crippen molar-refractivity contribution in [2.24, 2.45) is 0 Å². The van der Waals surface area contributed by atoms with Crippen molar-refractivity contribution in [3.63, 3.8) is 0 Å². The van der Waals surface area contributed by atoms with Crippen molar-refractivity contribution in [1.82, 2.24) is 20.0 Å². The highest BCUT2D eigenvalue weighted by molar-refractivity contribution is 6.30. The summed E-state index contributed by atoms with van der Waals surface area (Å²) in [5.41, 5.74) is 4.42. The monoisotopic (exact) mass is 360 g/mol. The van der Waals surface area contributed by atoms with Crippen LogP contribution >= 0.6 is 11.6 Å². The van der Waals surface area contributed by atoms with Crippen LogP contribution < -0.4 is 5.32 Å². The van der Waals surface area contributed by atoms with Gasteiger partial charge in [-0.25, -0.2) is 4.68 Å². The van der Waals surface area contributed by atoms with Crippen LogP contribution in [-0.4, -0.2) is 40.2 Å². The first kappa shape index (κ1) is 18.0. The summed E-state index contributed by atoms with van der Waals surface area (Å²) in [4.78, 5) is 13.6. The molecule has 0 spiro atoms. The molecule has 0 atom stereocenters. The number of benzene rings is 1. The highest BCUT2D eigenvalue weighted by Crippen LogP contribution is 2.19. The Labute approximate surface area is 154 Å². The van der Waals surface area contributed by atoms with Crippen LogP contribution in [0.15, 0.2) is 24.3 Å². The van der Waals surface area contributed by atoms with Crippen molar-refractivity contribution in [3.05, 3.63) is 46.2 Å². The predicted octanol–water partition coefficient (Wildman–Crippen LogP) is 3.24. The number of nitrogens with one attached hydrogen (secondary N) is 1. The highest BCUT2D eigenvalue weighted by atomic mass is 35.5. The lowest BCUT2D eigenvalue weighted by Gasteiger charge is -2.15. The van der Waals surface area contributed by atoms with E-state index in [0.717, 1.165) is 67.5 Å². The molecule has 0 bridgehead atoms. The van der Waals surface area contributed by atoms with E-state index in [1.165, 1.54) is 5.56 Å². The fourth-order valence-electron chi connectivity index (χ4n) is 3.31. The Morgan fingerprint density at radius 3 is 2.68 bits per heavy atom. The fourth-order valence-corrected chi connectivity index (χ4v) is 3.44. The number of aryl methyl sites for hydroxylation is 1. The summed E-state index contributed by atoms with van der Waals surface area (Å²) in [5.74, 6) is 0.302. The Hall–Kier alpha value is -1.85. The maximum absolute atomic E-state index is 11.6. The van der Waals surface area contributed by atoms with Crippen LogP contribution in [0.25, 0.3) is 5.69 Å². The summed E-state index contributed by atoms with van der Waals surface area (Å²) in [5, 5.41) is 8.87. The van der Waals surface area contributed by atoms with Gasteiger partial charge in [0, 0.05) is 42.3 Å². The van der Waals surface area contributed by atoms with E-state index in [2.05, 4.69) is 17.3 Å². The summed E-state index contributed by atoms with van der Waals surface area (Å²) in [7, 11) is 0. The molecule has 1 amide bonds. The van der Waals surface area contributed by atoms with E-state index < -0.39 is 0 Å². The van der Waals surface area contributed by atoms with Gasteiger partial charge in [0.15, 0.2) is 0 Å². The zero-order chi connectivity index (χ0) is 17.8. The van der Waals surface area contributed by atoms with Crippen molar-refractivity contribution in [1.29, 1.82) is 0 Å². The Kier molecular flexibility index (Phi) is 5.76. The lowest BCUT2D eigenvalue weighted by molar-refractivity contribution is -0.127. The molecule has 1 saturated heterocycles. The minimum absolute atomic E-state index is 0.302. The molecule has 134 valence electrons. The molecular formula is C19H25ClN4O. The summed E-state index contributed by atoms with van der Waals surface area (Å²) < 4.78 is 1.96. The van der Waals surface area contributed by atoms with Gasteiger partial charge in [-0.3, -0.25) is 4.79 Å². The van der Waals surface area contributed by atoms with E-state index >= 15 is 0 Å². The van der Waals surface area contributed by atoms with E-state index in [9.17, 15) is 4.79 Å². The summed E-state index contributed by atoms with van der Waals surface area (Å²) in [6.07, 6.45) is 2.71. The molecule has 3 rings (SSSR count). The second-order valence-corrected chi connectivity index (χ2v) is 6.99. The average Bonchev–Trinajstić information content (AvgIpc) is 3.12. The Morgan fingerprint density at radius 2 is 2.00 bits per heavy atom. The topological polar surface area (TPSA) is 50.2 Å². The van der Waals surface area contributed by atoms with E-state index in [1.54, 1.807) is 0 Å². The van der Waals surface area contributed by atoms with Crippen LogP contribution in [0.4, 0.5) is 0 Å². The molecule has 1 aliphatic rings. The number of nitrogens with zero attached hydrogens (tertiary/aromatic N) is 3. The van der Waals surface area contributed by atoms with Gasteiger partial charge in [0.2, 0.25) is 5.91 Å². The lowest BCUT2D eigenvalue weighted by Crippen LogP contribution is -2.28. The number of hydrogen-bond acceptors (Lipinski definition) is 3. The third-order valence-corrected chi connectivity index (χ3v) is 5.02. The summed E-state index contributed by atoms with van der Waals surface area (Å²) in [6.45, 7) is 7.60. The van der Waals surface area contributed by atoms with Crippen molar-refractivity contribution in [3.8, 4) is 5.69 Å². The zero-order valence-corrected chi connectivity index (χ0v) is 15.6. The van der Waals surface area contributed by atoms with Crippen LogP contribution in [0.1, 0.15) is 36.2 Å². The molecule has 0 aliphatic carbocycles. The van der Waals surface area contributed by atoms with Gasteiger partial charge in [0.25, 0.3) is 0 Å². The lowest BCUT2D eigenvalue weighted by atomic mass is 10.2. The van der Waals surface area contributed by atoms with E-state index in [-0.39, 0.29) is 0 Å². The second-order valence-electron chi connectivity index (χ2n) is 6.55. The molecule has 0 radical (unpaired) electrons. The molecular weight excluding hydrogens is 336 g/mol. The van der Waals surface area contributed by atoms with Gasteiger partial charge in [-0.2, -0.15) is 5.10 Å². The molecule has 0 unspecified atom stereocenters. The van der Waals surface area contributed by atoms with Crippen LogP contribution in [0, 0.1) is 13.8 Å². The molecule has 1 aliphatic heterocycles. The number of likely N-dealkylation sites (tertiary alicyclic amines) is 1. The van der Waals surface area contributed by atoms with Gasteiger partial charge in [0.05, 0.1) is 11.4 Å². The van der Waals surface area contributed by atoms with Crippen LogP contribution in [0.2, 0.25) is 5.02 Å². The molecule has 1 aromatic carbocycles. The van der Waals surface area contributed by atoms with E-state index in [0.29, 0.717) is 5.91 Å².